The summed E-state index contributed by atoms with van der Waals surface area (Å²) in [5.41, 5.74) is 2.07. The third-order valence-corrected chi connectivity index (χ3v) is 1.81. The fourth-order valence-corrected chi connectivity index (χ4v) is 0.917. The third-order valence-electron chi connectivity index (χ3n) is 1.81. The van der Waals surface area contributed by atoms with Gasteiger partial charge in [0, 0.05) is 7.11 Å². The molecule has 0 aromatic rings. The number of hydrogen-bond acceptors (Lipinski definition) is 2. The summed E-state index contributed by atoms with van der Waals surface area (Å²) < 4.78 is 9.92. The Bertz CT molecular complexity index is 161. The summed E-state index contributed by atoms with van der Waals surface area (Å²) in [4.78, 5) is 0. The highest BCUT2D eigenvalue weighted by Gasteiger charge is 1.99. The van der Waals surface area contributed by atoms with E-state index < -0.39 is 0 Å². The van der Waals surface area contributed by atoms with Crippen molar-refractivity contribution in [2.75, 3.05) is 20.5 Å². The molecule has 0 aliphatic rings. The molecule has 0 aromatic heterocycles. The summed E-state index contributed by atoms with van der Waals surface area (Å²) in [6, 6.07) is 0. The van der Waals surface area contributed by atoms with Gasteiger partial charge in [0.1, 0.15) is 6.79 Å². The Hall–Kier alpha value is -0.600. The minimum absolute atomic E-state index is 0.320. The van der Waals surface area contributed by atoms with Gasteiger partial charge in [-0.15, -0.1) is 0 Å². The fraction of sp³-hybridized carbons (Fsp3) is 0.636. The van der Waals surface area contributed by atoms with Gasteiger partial charge in [-0.1, -0.05) is 32.1 Å². The molecule has 0 fully saturated rings. The molecule has 0 saturated carbocycles. The van der Waals surface area contributed by atoms with E-state index in [1.54, 1.807) is 7.11 Å². The number of methoxy groups -OCH3 is 1. The van der Waals surface area contributed by atoms with Gasteiger partial charge in [0.25, 0.3) is 0 Å². The molecule has 0 aromatic carbocycles. The average Bonchev–Trinajstić information content (AvgIpc) is 2.14. The first-order chi connectivity index (χ1) is 6.22. The van der Waals surface area contributed by atoms with E-state index >= 15 is 0 Å². The molecule has 2 heteroatoms. The van der Waals surface area contributed by atoms with Crippen molar-refractivity contribution >= 4 is 0 Å². The van der Waals surface area contributed by atoms with Crippen LogP contribution in [-0.4, -0.2) is 20.5 Å². The van der Waals surface area contributed by atoms with Crippen molar-refractivity contribution in [3.8, 4) is 0 Å². The lowest BCUT2D eigenvalue weighted by Gasteiger charge is -2.08. The summed E-state index contributed by atoms with van der Waals surface area (Å²) in [5, 5.41) is 0. The van der Waals surface area contributed by atoms with E-state index in [2.05, 4.69) is 20.1 Å². The van der Waals surface area contributed by atoms with Gasteiger partial charge in [-0.2, -0.15) is 0 Å². The lowest BCUT2D eigenvalue weighted by molar-refractivity contribution is -0.0206. The second-order valence-electron chi connectivity index (χ2n) is 3.07. The van der Waals surface area contributed by atoms with Gasteiger partial charge in [0.15, 0.2) is 0 Å². The Morgan fingerprint density at radius 2 is 1.92 bits per heavy atom. The van der Waals surface area contributed by atoms with Crippen molar-refractivity contribution in [1.82, 2.24) is 0 Å². The maximum absolute atomic E-state index is 5.16. The molecule has 0 rings (SSSR count). The monoisotopic (exact) mass is 184 g/mol. The van der Waals surface area contributed by atoms with E-state index in [0.29, 0.717) is 13.4 Å². The zero-order valence-corrected chi connectivity index (χ0v) is 8.77. The molecule has 2 nitrogen and oxygen atoms in total. The average molecular weight is 184 g/mol. The summed E-state index contributed by atoms with van der Waals surface area (Å²) in [5.74, 6) is 0. The Morgan fingerprint density at radius 3 is 2.46 bits per heavy atom. The normalized spacial score (nSPS) is 10.0. The highest BCUT2D eigenvalue weighted by Crippen LogP contribution is 2.13. The molecule has 0 aliphatic carbocycles. The van der Waals surface area contributed by atoms with E-state index in [4.69, 9.17) is 9.47 Å². The van der Waals surface area contributed by atoms with Gasteiger partial charge in [0.05, 0.1) is 6.61 Å². The maximum atomic E-state index is 5.16. The highest BCUT2D eigenvalue weighted by molar-refractivity contribution is 5.25. The number of ether oxygens (including phenoxy) is 2. The van der Waals surface area contributed by atoms with Gasteiger partial charge in [-0.25, -0.2) is 0 Å². The summed E-state index contributed by atoms with van der Waals surface area (Å²) in [6.07, 6.45) is 3.37. The van der Waals surface area contributed by atoms with Crippen LogP contribution in [0.15, 0.2) is 24.3 Å². The molecule has 0 radical (unpaired) electrons. The largest absolute Gasteiger partial charge is 0.359 e. The zero-order valence-electron chi connectivity index (χ0n) is 8.77. The van der Waals surface area contributed by atoms with E-state index in [9.17, 15) is 0 Å². The van der Waals surface area contributed by atoms with E-state index in [1.807, 2.05) is 0 Å². The van der Waals surface area contributed by atoms with Gasteiger partial charge in [0.2, 0.25) is 0 Å². The summed E-state index contributed by atoms with van der Waals surface area (Å²) >= 11 is 0. The predicted molar refractivity (Wildman–Crippen MR) is 55.6 cm³/mol. The molecule has 13 heavy (non-hydrogen) atoms. The van der Waals surface area contributed by atoms with Crippen LogP contribution >= 0.6 is 0 Å². The van der Waals surface area contributed by atoms with Crippen LogP contribution in [0, 0.1) is 0 Å². The van der Waals surface area contributed by atoms with Crippen LogP contribution in [0.25, 0.3) is 0 Å². The van der Waals surface area contributed by atoms with E-state index in [-0.39, 0.29) is 0 Å². The lowest BCUT2D eigenvalue weighted by atomic mass is 10.0. The van der Waals surface area contributed by atoms with Crippen molar-refractivity contribution in [1.29, 1.82) is 0 Å². The summed E-state index contributed by atoms with van der Waals surface area (Å²) in [6.45, 7) is 10.9. The first kappa shape index (κ1) is 12.4. The second kappa shape index (κ2) is 8.02. The number of hydrogen-bond donors (Lipinski definition) is 0. The van der Waals surface area contributed by atoms with Crippen molar-refractivity contribution in [2.45, 2.75) is 26.2 Å². The fourth-order valence-electron chi connectivity index (χ4n) is 0.917. The Balaban J connectivity index is 3.51. The SMILES string of the molecule is C=C(CCCC)C(=C)COCOC. The quantitative estimate of drug-likeness (QED) is 0.328. The number of unbranched alkanes of at least 4 members (excludes halogenated alkanes) is 1. The molecule has 76 valence electrons. The second-order valence-corrected chi connectivity index (χ2v) is 3.07. The topological polar surface area (TPSA) is 18.5 Å². The number of rotatable bonds is 8. The van der Waals surface area contributed by atoms with Crippen molar-refractivity contribution in [2.24, 2.45) is 0 Å². The maximum Gasteiger partial charge on any atom is 0.146 e. The van der Waals surface area contributed by atoms with Crippen LogP contribution in [0.1, 0.15) is 26.2 Å². The van der Waals surface area contributed by atoms with Crippen molar-refractivity contribution in [3.05, 3.63) is 24.3 Å². The van der Waals surface area contributed by atoms with Crippen LogP contribution in [-0.2, 0) is 9.47 Å². The Kier molecular flexibility index (Phi) is 7.65. The van der Waals surface area contributed by atoms with Crippen molar-refractivity contribution in [3.63, 3.8) is 0 Å². The van der Waals surface area contributed by atoms with Gasteiger partial charge >= 0.3 is 0 Å². The van der Waals surface area contributed by atoms with Gasteiger partial charge in [-0.05, 0) is 18.4 Å². The standard InChI is InChI=1S/C11H20O2/c1-5-6-7-10(2)11(3)8-13-9-12-4/h2-3,5-9H2,1,4H3. The predicted octanol–water partition coefficient (Wildman–Crippen LogP) is 2.91. The summed E-state index contributed by atoms with van der Waals surface area (Å²) in [7, 11) is 1.61. The van der Waals surface area contributed by atoms with E-state index in [1.165, 1.54) is 12.8 Å². The van der Waals surface area contributed by atoms with Crippen LogP contribution < -0.4 is 0 Å². The molecule has 0 saturated heterocycles. The third kappa shape index (κ3) is 6.55. The zero-order chi connectivity index (χ0) is 10.1. The minimum atomic E-state index is 0.320. The van der Waals surface area contributed by atoms with Crippen LogP contribution in [0.3, 0.4) is 0 Å². The first-order valence-electron chi connectivity index (χ1n) is 4.65. The molecule has 0 N–H and O–H groups in total. The van der Waals surface area contributed by atoms with Crippen molar-refractivity contribution < 1.29 is 9.47 Å². The van der Waals surface area contributed by atoms with Crippen LogP contribution in [0.4, 0.5) is 0 Å². The smallest absolute Gasteiger partial charge is 0.146 e. The molecule has 0 spiro atoms. The first-order valence-corrected chi connectivity index (χ1v) is 4.65. The molecule has 0 amide bonds. The Morgan fingerprint density at radius 1 is 1.23 bits per heavy atom. The lowest BCUT2D eigenvalue weighted by Crippen LogP contribution is -2.02. The van der Waals surface area contributed by atoms with Gasteiger partial charge in [-0.3, -0.25) is 0 Å². The molecule has 0 unspecified atom stereocenters. The molecule has 0 bridgehead atoms. The molecular weight excluding hydrogens is 164 g/mol. The van der Waals surface area contributed by atoms with Gasteiger partial charge < -0.3 is 9.47 Å². The molecule has 0 atom stereocenters. The van der Waals surface area contributed by atoms with E-state index in [0.717, 1.165) is 17.6 Å². The molecule has 0 heterocycles. The highest BCUT2D eigenvalue weighted by atomic mass is 16.7. The molecule has 0 aliphatic heterocycles. The molecular formula is C11H20O2. The minimum Gasteiger partial charge on any atom is -0.359 e. The van der Waals surface area contributed by atoms with Crippen LogP contribution in [0.5, 0.6) is 0 Å². The van der Waals surface area contributed by atoms with Crippen LogP contribution in [0.2, 0.25) is 0 Å². The Labute approximate surface area is 81.2 Å².